The normalized spacial score (nSPS) is 18.9. The number of rotatable bonds is 5. The van der Waals surface area contributed by atoms with Gasteiger partial charge in [0.1, 0.15) is 17.3 Å². The van der Waals surface area contributed by atoms with E-state index < -0.39 is 0 Å². The zero-order chi connectivity index (χ0) is 21.6. The quantitative estimate of drug-likeness (QED) is 0.494. The highest BCUT2D eigenvalue weighted by atomic mass is 16.1. The maximum Gasteiger partial charge on any atom is 0.262 e. The Morgan fingerprint density at radius 1 is 1.16 bits per heavy atom. The van der Waals surface area contributed by atoms with Gasteiger partial charge in [-0.3, -0.25) is 9.78 Å². The Balaban J connectivity index is 1.69. The van der Waals surface area contributed by atoms with E-state index in [4.69, 9.17) is 5.10 Å². The summed E-state index contributed by atoms with van der Waals surface area (Å²) in [5.74, 6) is 0.0974. The molecule has 1 saturated carbocycles. The van der Waals surface area contributed by atoms with Gasteiger partial charge >= 0.3 is 0 Å². The Hall–Kier alpha value is -3.72. The van der Waals surface area contributed by atoms with Crippen molar-refractivity contribution in [3.8, 4) is 23.0 Å². The molecule has 2 heterocycles. The molecule has 2 aromatic heterocycles. The molecule has 31 heavy (non-hydrogen) atoms. The average molecular weight is 412 g/mol. The van der Waals surface area contributed by atoms with Gasteiger partial charge in [0.2, 0.25) is 0 Å². The van der Waals surface area contributed by atoms with E-state index in [1.54, 1.807) is 23.2 Å². The fourth-order valence-corrected chi connectivity index (χ4v) is 4.02. The zero-order valence-electron chi connectivity index (χ0n) is 17.5. The topological polar surface area (TPSA) is 83.6 Å². The first-order valence-corrected chi connectivity index (χ1v) is 10.6. The lowest BCUT2D eigenvalue weighted by Gasteiger charge is -2.29. The summed E-state index contributed by atoms with van der Waals surface area (Å²) in [5.41, 5.74) is 3.25. The van der Waals surface area contributed by atoms with E-state index in [0.29, 0.717) is 17.2 Å². The van der Waals surface area contributed by atoms with E-state index in [0.717, 1.165) is 30.5 Å². The molecule has 6 nitrogen and oxygen atoms in total. The van der Waals surface area contributed by atoms with Gasteiger partial charge in [0.25, 0.3) is 5.91 Å². The second-order valence-corrected chi connectivity index (χ2v) is 7.96. The molecule has 3 aromatic rings. The van der Waals surface area contributed by atoms with Crippen LogP contribution in [0.3, 0.4) is 0 Å². The number of carbonyl (C=O) groups is 1. The summed E-state index contributed by atoms with van der Waals surface area (Å²) in [6, 6.07) is 15.7. The third kappa shape index (κ3) is 4.72. The van der Waals surface area contributed by atoms with Crippen LogP contribution in [-0.4, -0.2) is 26.7 Å². The third-order valence-electron chi connectivity index (χ3n) is 5.81. The highest BCUT2D eigenvalue weighted by Gasteiger charge is 2.24. The van der Waals surface area contributed by atoms with E-state index in [9.17, 15) is 10.1 Å². The summed E-state index contributed by atoms with van der Waals surface area (Å²) in [4.78, 5) is 17.0. The minimum absolute atomic E-state index is 0.0840. The Morgan fingerprint density at radius 3 is 2.61 bits per heavy atom. The monoisotopic (exact) mass is 411 g/mol. The number of hydrogen-bond donors (Lipinski definition) is 1. The van der Waals surface area contributed by atoms with Gasteiger partial charge in [-0.15, -0.1) is 0 Å². The van der Waals surface area contributed by atoms with E-state index in [1.165, 1.54) is 6.42 Å². The van der Waals surface area contributed by atoms with Gasteiger partial charge in [-0.2, -0.15) is 10.4 Å². The molecule has 2 atom stereocenters. The lowest BCUT2D eigenvalue weighted by atomic mass is 9.86. The van der Waals surface area contributed by atoms with Crippen LogP contribution in [-0.2, 0) is 4.79 Å². The van der Waals surface area contributed by atoms with E-state index >= 15 is 0 Å². The van der Waals surface area contributed by atoms with Crippen LogP contribution in [0, 0.1) is 17.2 Å². The highest BCUT2D eigenvalue weighted by molar-refractivity contribution is 6.02. The second-order valence-electron chi connectivity index (χ2n) is 7.96. The zero-order valence-corrected chi connectivity index (χ0v) is 17.5. The minimum Gasteiger partial charge on any atom is -0.348 e. The molecule has 6 heteroatoms. The lowest BCUT2D eigenvalue weighted by Crippen LogP contribution is -2.41. The Bertz CT molecular complexity index is 1110. The minimum atomic E-state index is -0.325. The van der Waals surface area contributed by atoms with Crippen LogP contribution in [0.25, 0.3) is 23.0 Å². The van der Waals surface area contributed by atoms with E-state index in [-0.39, 0.29) is 17.5 Å². The summed E-state index contributed by atoms with van der Waals surface area (Å²) in [6.45, 7) is 2.16. The van der Waals surface area contributed by atoms with Crippen molar-refractivity contribution in [2.24, 2.45) is 5.92 Å². The maximum absolute atomic E-state index is 12.9. The molecule has 1 aliphatic rings. The van der Waals surface area contributed by atoms with Gasteiger partial charge < -0.3 is 5.32 Å². The summed E-state index contributed by atoms with van der Waals surface area (Å²) in [5, 5.41) is 17.5. The van der Waals surface area contributed by atoms with Crippen molar-refractivity contribution in [2.75, 3.05) is 0 Å². The van der Waals surface area contributed by atoms with Crippen LogP contribution in [0.1, 0.15) is 38.2 Å². The molecular weight excluding hydrogens is 386 g/mol. The van der Waals surface area contributed by atoms with Crippen LogP contribution < -0.4 is 5.32 Å². The molecule has 0 radical (unpaired) electrons. The fourth-order valence-electron chi connectivity index (χ4n) is 4.02. The first-order chi connectivity index (χ1) is 15.2. The predicted octanol–water partition coefficient (Wildman–Crippen LogP) is 4.54. The third-order valence-corrected chi connectivity index (χ3v) is 5.81. The van der Waals surface area contributed by atoms with Crippen LogP contribution in [0.15, 0.2) is 66.6 Å². The van der Waals surface area contributed by atoms with Gasteiger partial charge in [-0.05, 0) is 49.1 Å². The number of nitrogens with zero attached hydrogens (tertiary/aromatic N) is 4. The number of benzene rings is 1. The first-order valence-electron chi connectivity index (χ1n) is 10.6. The molecular formula is C25H25N5O. The molecule has 0 bridgehead atoms. The van der Waals surface area contributed by atoms with Crippen LogP contribution in [0.4, 0.5) is 0 Å². The van der Waals surface area contributed by atoms with Crippen LogP contribution >= 0.6 is 0 Å². The van der Waals surface area contributed by atoms with Crippen molar-refractivity contribution in [2.45, 2.75) is 38.6 Å². The van der Waals surface area contributed by atoms with Crippen molar-refractivity contribution < 1.29 is 4.79 Å². The van der Waals surface area contributed by atoms with Crippen molar-refractivity contribution >= 4 is 12.0 Å². The second kappa shape index (κ2) is 9.40. The summed E-state index contributed by atoms with van der Waals surface area (Å²) in [6.07, 6.45) is 11.2. The van der Waals surface area contributed by atoms with Crippen LogP contribution in [0.5, 0.6) is 0 Å². The van der Waals surface area contributed by atoms with Crippen molar-refractivity contribution in [3.63, 3.8) is 0 Å². The SMILES string of the molecule is C[C@@H]1CCCC[C@H]1NC(=O)/C(C#N)=C/c1cn(-c2ccccc2)nc1-c1ccncc1. The van der Waals surface area contributed by atoms with Crippen molar-refractivity contribution in [1.82, 2.24) is 20.1 Å². The molecule has 0 unspecified atom stereocenters. The smallest absolute Gasteiger partial charge is 0.262 e. The molecule has 1 N–H and O–H groups in total. The number of amides is 1. The van der Waals surface area contributed by atoms with E-state index in [2.05, 4.69) is 23.3 Å². The molecule has 1 aromatic carbocycles. The largest absolute Gasteiger partial charge is 0.348 e. The molecule has 0 saturated heterocycles. The van der Waals surface area contributed by atoms with Crippen LogP contribution in [0.2, 0.25) is 0 Å². The molecule has 1 fully saturated rings. The standard InChI is InChI=1S/C25H25N5O/c1-18-7-5-6-10-23(18)28-25(31)20(16-26)15-21-17-30(22-8-3-2-4-9-22)29-24(21)19-11-13-27-14-12-19/h2-4,8-9,11-15,17-18,23H,5-7,10H2,1H3,(H,28,31)/b20-15+/t18-,23-/m1/s1. The van der Waals surface area contributed by atoms with Gasteiger partial charge in [0, 0.05) is 35.8 Å². The van der Waals surface area contributed by atoms with Gasteiger partial charge in [-0.1, -0.05) is 38.0 Å². The number of nitriles is 1. The predicted molar refractivity (Wildman–Crippen MR) is 120 cm³/mol. The number of para-hydroxylation sites is 1. The Labute approximate surface area is 182 Å². The summed E-state index contributed by atoms with van der Waals surface area (Å²) in [7, 11) is 0. The number of pyridine rings is 1. The molecule has 156 valence electrons. The number of carbonyl (C=O) groups excluding carboxylic acids is 1. The van der Waals surface area contributed by atoms with E-state index in [1.807, 2.05) is 48.7 Å². The van der Waals surface area contributed by atoms with Crippen molar-refractivity contribution in [3.05, 3.63) is 72.2 Å². The number of nitrogens with one attached hydrogen (secondary N) is 1. The molecule has 4 rings (SSSR count). The molecule has 1 amide bonds. The number of aromatic nitrogens is 3. The van der Waals surface area contributed by atoms with Crippen molar-refractivity contribution in [1.29, 1.82) is 5.26 Å². The summed E-state index contributed by atoms with van der Waals surface area (Å²) >= 11 is 0. The average Bonchev–Trinajstić information content (AvgIpc) is 3.24. The molecule has 0 spiro atoms. The molecule has 0 aliphatic heterocycles. The fraction of sp³-hybridized carbons (Fsp3) is 0.280. The summed E-state index contributed by atoms with van der Waals surface area (Å²) < 4.78 is 1.76. The van der Waals surface area contributed by atoms with Gasteiger partial charge in [0.05, 0.1) is 5.69 Å². The highest BCUT2D eigenvalue weighted by Crippen LogP contribution is 2.26. The molecule has 1 aliphatic carbocycles. The Kier molecular flexibility index (Phi) is 6.23. The Morgan fingerprint density at radius 2 is 1.90 bits per heavy atom. The van der Waals surface area contributed by atoms with Gasteiger partial charge in [-0.25, -0.2) is 4.68 Å². The van der Waals surface area contributed by atoms with Gasteiger partial charge in [0.15, 0.2) is 0 Å². The maximum atomic E-state index is 12.9. The number of hydrogen-bond acceptors (Lipinski definition) is 4. The lowest BCUT2D eigenvalue weighted by molar-refractivity contribution is -0.118. The first kappa shape index (κ1) is 20.5.